The number of rotatable bonds is 5. The Bertz CT molecular complexity index is 1280. The van der Waals surface area contributed by atoms with Gasteiger partial charge in [0, 0.05) is 11.6 Å². The number of amides is 2. The molecule has 3 heterocycles. The lowest BCUT2D eigenvalue weighted by Crippen LogP contribution is -2.37. The van der Waals surface area contributed by atoms with Gasteiger partial charge in [-0.15, -0.1) is 0 Å². The molecule has 1 aliphatic heterocycles. The molecule has 0 bridgehead atoms. The fourth-order valence-corrected chi connectivity index (χ4v) is 5.74. The van der Waals surface area contributed by atoms with Crippen molar-refractivity contribution in [2.75, 3.05) is 5.32 Å². The molecule has 9 nitrogen and oxygen atoms in total. The van der Waals surface area contributed by atoms with Crippen LogP contribution in [0.2, 0.25) is 0 Å². The number of aromatic nitrogens is 2. The highest BCUT2D eigenvalue weighted by Crippen LogP contribution is 2.39. The minimum atomic E-state index is -0.839. The van der Waals surface area contributed by atoms with Crippen molar-refractivity contribution in [1.29, 1.82) is 0 Å². The van der Waals surface area contributed by atoms with Crippen LogP contribution >= 0.6 is 11.5 Å². The van der Waals surface area contributed by atoms with Crippen molar-refractivity contribution < 1.29 is 28.2 Å². The normalized spacial score (nSPS) is 19.6. The van der Waals surface area contributed by atoms with Gasteiger partial charge in [0.25, 0.3) is 5.91 Å². The van der Waals surface area contributed by atoms with Crippen LogP contribution in [-0.2, 0) is 20.8 Å². The number of esters is 1. The van der Waals surface area contributed by atoms with E-state index in [2.05, 4.69) is 14.7 Å². The van der Waals surface area contributed by atoms with Crippen LogP contribution in [0, 0.1) is 18.7 Å². The molecule has 2 amide bonds. The van der Waals surface area contributed by atoms with E-state index in [1.807, 2.05) is 27.7 Å². The maximum Gasteiger partial charge on any atom is 0.417 e. The minimum Gasteiger partial charge on any atom is -0.460 e. The smallest absolute Gasteiger partial charge is 0.417 e. The van der Waals surface area contributed by atoms with Crippen molar-refractivity contribution >= 4 is 35.3 Å². The average molecular weight is 561 g/mol. The predicted octanol–water partition coefficient (Wildman–Crippen LogP) is 6.25. The molecule has 212 valence electrons. The molecule has 4 rings (SSSR count). The fraction of sp³-hybridized carbons (Fsp3) is 0.607. The van der Waals surface area contributed by atoms with Crippen LogP contribution in [0.5, 0.6) is 0 Å². The molecule has 11 heteroatoms. The van der Waals surface area contributed by atoms with E-state index in [1.165, 1.54) is 0 Å². The van der Waals surface area contributed by atoms with Crippen LogP contribution in [0.3, 0.4) is 0 Å². The Labute approximate surface area is 232 Å². The van der Waals surface area contributed by atoms with Crippen LogP contribution < -0.4 is 5.32 Å². The summed E-state index contributed by atoms with van der Waals surface area (Å²) in [5.41, 5.74) is -0.266. The molecule has 0 saturated heterocycles. The van der Waals surface area contributed by atoms with Gasteiger partial charge in [0.1, 0.15) is 11.2 Å². The van der Waals surface area contributed by atoms with Gasteiger partial charge in [-0.3, -0.25) is 9.59 Å². The van der Waals surface area contributed by atoms with E-state index in [0.717, 1.165) is 47.8 Å². The highest BCUT2D eigenvalue weighted by atomic mass is 32.1. The second-order valence-electron chi connectivity index (χ2n) is 12.3. The molecule has 2 aromatic rings. The lowest BCUT2D eigenvalue weighted by Gasteiger charge is -2.33. The number of ether oxygens (including phenoxy) is 2. The second kappa shape index (κ2) is 10.8. The summed E-state index contributed by atoms with van der Waals surface area (Å²) in [4.78, 5) is 44.9. The van der Waals surface area contributed by atoms with Crippen LogP contribution in [-0.4, -0.2) is 49.5 Å². The summed E-state index contributed by atoms with van der Waals surface area (Å²) in [5, 5.41) is 3.26. The van der Waals surface area contributed by atoms with Gasteiger partial charge in [-0.2, -0.15) is 4.37 Å². The third kappa shape index (κ3) is 6.74. The number of imide groups is 1. The first-order chi connectivity index (χ1) is 18.1. The van der Waals surface area contributed by atoms with Crippen molar-refractivity contribution in [3.05, 3.63) is 28.7 Å². The van der Waals surface area contributed by atoms with Gasteiger partial charge in [0.15, 0.2) is 11.6 Å². The summed E-state index contributed by atoms with van der Waals surface area (Å²) < 4.78 is 31.3. The van der Waals surface area contributed by atoms with E-state index in [0.29, 0.717) is 4.88 Å². The molecule has 2 aliphatic rings. The summed E-state index contributed by atoms with van der Waals surface area (Å²) >= 11 is 1.15. The molecular weight excluding hydrogens is 523 g/mol. The van der Waals surface area contributed by atoms with Gasteiger partial charge < -0.3 is 14.8 Å². The van der Waals surface area contributed by atoms with E-state index >= 15 is 4.39 Å². The van der Waals surface area contributed by atoms with Crippen LogP contribution in [0.1, 0.15) is 95.3 Å². The van der Waals surface area contributed by atoms with Gasteiger partial charge >= 0.3 is 12.1 Å². The van der Waals surface area contributed by atoms with Crippen molar-refractivity contribution in [2.24, 2.45) is 5.92 Å². The van der Waals surface area contributed by atoms with Crippen LogP contribution in [0.4, 0.5) is 15.0 Å². The first-order valence-corrected chi connectivity index (χ1v) is 14.1. The van der Waals surface area contributed by atoms with Gasteiger partial charge in [-0.1, -0.05) is 12.8 Å². The summed E-state index contributed by atoms with van der Waals surface area (Å²) in [6, 6.07) is 1.58. The molecule has 1 fully saturated rings. The Balaban J connectivity index is 1.68. The highest BCUT2D eigenvalue weighted by Gasteiger charge is 2.41. The van der Waals surface area contributed by atoms with E-state index in [1.54, 1.807) is 26.8 Å². The van der Waals surface area contributed by atoms with E-state index in [-0.39, 0.29) is 53.5 Å². The minimum absolute atomic E-state index is 0.00488. The van der Waals surface area contributed by atoms with Gasteiger partial charge in [0.05, 0.1) is 34.8 Å². The van der Waals surface area contributed by atoms with Crippen LogP contribution in [0.15, 0.2) is 6.07 Å². The second-order valence-corrected chi connectivity index (χ2v) is 13.1. The van der Waals surface area contributed by atoms with E-state index in [9.17, 15) is 14.4 Å². The summed E-state index contributed by atoms with van der Waals surface area (Å²) in [7, 11) is 0. The van der Waals surface area contributed by atoms with Crippen molar-refractivity contribution in [3.8, 4) is 10.6 Å². The SMILES string of the molecule is Cc1cc(-c2nc(N[C@@H]3CCCC[C@@H]3CC(=O)OC(C)(C)C)c(F)c3c2C(=O)N(C(=O)OC(C)(C)C)C3)sn1. The Morgan fingerprint density at radius 3 is 2.41 bits per heavy atom. The van der Waals surface area contributed by atoms with Gasteiger partial charge in [-0.25, -0.2) is 19.1 Å². The van der Waals surface area contributed by atoms with Gasteiger partial charge in [-0.05, 0) is 84.8 Å². The monoisotopic (exact) mass is 560 g/mol. The molecule has 39 heavy (non-hydrogen) atoms. The summed E-state index contributed by atoms with van der Waals surface area (Å²) in [6.07, 6.45) is 2.82. The summed E-state index contributed by atoms with van der Waals surface area (Å²) in [5.74, 6) is -1.69. The van der Waals surface area contributed by atoms with E-state index < -0.39 is 29.0 Å². The highest BCUT2D eigenvalue weighted by molar-refractivity contribution is 7.09. The number of pyridine rings is 1. The quantitative estimate of drug-likeness (QED) is 0.428. The molecule has 0 aromatic carbocycles. The number of nitrogens with zero attached hydrogens (tertiary/aromatic N) is 3. The van der Waals surface area contributed by atoms with Crippen molar-refractivity contribution in [2.45, 2.75) is 104 Å². The zero-order valence-electron chi connectivity index (χ0n) is 23.6. The number of carbonyl (C=O) groups is 3. The number of hydrogen-bond acceptors (Lipinski definition) is 9. The maximum atomic E-state index is 16.0. The molecule has 0 radical (unpaired) electrons. The first kappa shape index (κ1) is 28.9. The third-order valence-corrected chi connectivity index (χ3v) is 7.45. The standard InChI is InChI=1S/C28H37FN4O5S/c1-15-12-19(39-32-15)23-21-17(14-33(25(21)35)26(36)38-28(5,6)7)22(29)24(31-23)30-18-11-9-8-10-16(18)13-20(34)37-27(2,3)4/h12,16,18H,8-11,13-14H2,1-7H3,(H,30,31)/t16-,18-/m1/s1. The fourth-order valence-electron chi connectivity index (χ4n) is 4.98. The Morgan fingerprint density at radius 2 is 1.79 bits per heavy atom. The topological polar surface area (TPSA) is 111 Å². The molecule has 1 N–H and O–H groups in total. The van der Waals surface area contributed by atoms with E-state index in [4.69, 9.17) is 9.47 Å². The molecular formula is C28H37FN4O5S. The molecule has 1 saturated carbocycles. The van der Waals surface area contributed by atoms with Crippen molar-refractivity contribution in [1.82, 2.24) is 14.3 Å². The lowest BCUT2D eigenvalue weighted by atomic mass is 9.82. The van der Waals surface area contributed by atoms with Gasteiger partial charge in [0.2, 0.25) is 0 Å². The number of anilines is 1. The molecule has 0 unspecified atom stereocenters. The molecule has 0 spiro atoms. The first-order valence-electron chi connectivity index (χ1n) is 13.3. The maximum absolute atomic E-state index is 16.0. The number of hydrogen-bond donors (Lipinski definition) is 1. The number of carbonyl (C=O) groups excluding carboxylic acids is 3. The number of nitrogens with one attached hydrogen (secondary N) is 1. The average Bonchev–Trinajstić information content (AvgIpc) is 3.38. The zero-order chi connectivity index (χ0) is 28.7. The molecule has 2 atom stereocenters. The Kier molecular flexibility index (Phi) is 8.03. The van der Waals surface area contributed by atoms with Crippen LogP contribution in [0.25, 0.3) is 10.6 Å². The summed E-state index contributed by atoms with van der Waals surface area (Å²) in [6.45, 7) is 12.1. The largest absolute Gasteiger partial charge is 0.460 e. The Morgan fingerprint density at radius 1 is 1.13 bits per heavy atom. The third-order valence-electron chi connectivity index (χ3n) is 6.57. The molecule has 2 aromatic heterocycles. The van der Waals surface area contributed by atoms with Crippen molar-refractivity contribution in [3.63, 3.8) is 0 Å². The predicted molar refractivity (Wildman–Crippen MR) is 146 cm³/mol. The number of halogens is 1. The zero-order valence-corrected chi connectivity index (χ0v) is 24.5. The number of fused-ring (bicyclic) bond motifs is 1. The number of aryl methyl sites for hydroxylation is 1. The molecule has 1 aliphatic carbocycles. The Hall–Kier alpha value is -3.08. The lowest BCUT2D eigenvalue weighted by molar-refractivity contribution is -0.156.